The molecule has 1 aliphatic heterocycles. The topological polar surface area (TPSA) is 102 Å². The van der Waals surface area contributed by atoms with Crippen molar-refractivity contribution in [2.24, 2.45) is 11.8 Å². The SMILES string of the molecule is COc1cccc(NC(=O)[C@@H](C)OC(=O)CCN2C(=O)[C@H]3CC=CC[C@H]3C2=O)c1. The van der Waals surface area contributed by atoms with E-state index in [9.17, 15) is 19.2 Å². The number of amides is 3. The van der Waals surface area contributed by atoms with Crippen LogP contribution in [0.2, 0.25) is 0 Å². The zero-order valence-corrected chi connectivity index (χ0v) is 16.4. The fraction of sp³-hybridized carbons (Fsp3) is 0.429. The highest BCUT2D eigenvalue weighted by molar-refractivity contribution is 6.05. The summed E-state index contributed by atoms with van der Waals surface area (Å²) in [5.41, 5.74) is 0.515. The second-order valence-electron chi connectivity index (χ2n) is 7.09. The summed E-state index contributed by atoms with van der Waals surface area (Å²) in [6.07, 6.45) is 3.75. The van der Waals surface area contributed by atoms with Gasteiger partial charge in [0.1, 0.15) is 5.75 Å². The molecular weight excluding hydrogens is 376 g/mol. The van der Waals surface area contributed by atoms with Gasteiger partial charge in [-0.3, -0.25) is 24.1 Å². The Hall–Kier alpha value is -3.16. The Morgan fingerprint density at radius 2 is 1.83 bits per heavy atom. The van der Waals surface area contributed by atoms with Crippen molar-refractivity contribution in [3.05, 3.63) is 36.4 Å². The molecule has 3 rings (SSSR count). The minimum Gasteiger partial charge on any atom is -0.497 e. The maximum Gasteiger partial charge on any atom is 0.308 e. The van der Waals surface area contributed by atoms with Gasteiger partial charge in [0, 0.05) is 18.3 Å². The zero-order chi connectivity index (χ0) is 21.0. The maximum atomic E-state index is 12.4. The first-order valence-corrected chi connectivity index (χ1v) is 9.55. The molecule has 1 aromatic rings. The third-order valence-electron chi connectivity index (χ3n) is 5.15. The highest BCUT2D eigenvalue weighted by Crippen LogP contribution is 2.35. The van der Waals surface area contributed by atoms with Crippen LogP contribution in [0.5, 0.6) is 5.75 Å². The predicted molar refractivity (Wildman–Crippen MR) is 104 cm³/mol. The van der Waals surface area contributed by atoms with E-state index >= 15 is 0 Å². The molecule has 8 heteroatoms. The molecule has 1 aromatic carbocycles. The van der Waals surface area contributed by atoms with Crippen molar-refractivity contribution >= 4 is 29.4 Å². The number of nitrogens with one attached hydrogen (secondary N) is 1. The van der Waals surface area contributed by atoms with Crippen molar-refractivity contribution in [1.29, 1.82) is 0 Å². The Balaban J connectivity index is 1.48. The largest absolute Gasteiger partial charge is 0.497 e. The first kappa shape index (κ1) is 20.6. The Morgan fingerprint density at radius 3 is 2.45 bits per heavy atom. The summed E-state index contributed by atoms with van der Waals surface area (Å²) in [4.78, 5) is 50.3. The molecule has 0 aromatic heterocycles. The van der Waals surface area contributed by atoms with E-state index < -0.39 is 18.0 Å². The number of anilines is 1. The van der Waals surface area contributed by atoms with Gasteiger partial charge in [-0.25, -0.2) is 0 Å². The predicted octanol–water partition coefficient (Wildman–Crippen LogP) is 1.91. The van der Waals surface area contributed by atoms with Crippen molar-refractivity contribution in [2.45, 2.75) is 32.3 Å². The van der Waals surface area contributed by atoms with Crippen molar-refractivity contribution in [2.75, 3.05) is 19.0 Å². The molecular formula is C21H24N2O6. The van der Waals surface area contributed by atoms with Crippen LogP contribution in [0, 0.1) is 11.8 Å². The van der Waals surface area contributed by atoms with Crippen LogP contribution in [-0.2, 0) is 23.9 Å². The highest BCUT2D eigenvalue weighted by Gasteiger charge is 2.47. The van der Waals surface area contributed by atoms with Gasteiger partial charge in [-0.15, -0.1) is 0 Å². The quantitative estimate of drug-likeness (QED) is 0.426. The van der Waals surface area contributed by atoms with Crippen LogP contribution in [-0.4, -0.2) is 48.3 Å². The monoisotopic (exact) mass is 400 g/mol. The van der Waals surface area contributed by atoms with E-state index in [0.29, 0.717) is 24.3 Å². The van der Waals surface area contributed by atoms with Gasteiger partial charge in [0.05, 0.1) is 25.4 Å². The average molecular weight is 400 g/mol. The van der Waals surface area contributed by atoms with E-state index in [1.807, 2.05) is 12.2 Å². The van der Waals surface area contributed by atoms with Crippen LogP contribution in [0.4, 0.5) is 5.69 Å². The minimum absolute atomic E-state index is 0.0340. The average Bonchev–Trinajstić information content (AvgIpc) is 2.97. The number of esters is 1. The normalized spacial score (nSPS) is 21.5. The molecule has 1 N–H and O–H groups in total. The van der Waals surface area contributed by atoms with E-state index in [1.165, 1.54) is 14.0 Å². The molecule has 8 nitrogen and oxygen atoms in total. The van der Waals surface area contributed by atoms with Gasteiger partial charge in [0.2, 0.25) is 11.8 Å². The molecule has 0 bridgehead atoms. The number of hydrogen-bond donors (Lipinski definition) is 1. The van der Waals surface area contributed by atoms with Crippen LogP contribution < -0.4 is 10.1 Å². The number of methoxy groups -OCH3 is 1. The third-order valence-corrected chi connectivity index (χ3v) is 5.15. The third kappa shape index (κ3) is 4.64. The number of hydrogen-bond acceptors (Lipinski definition) is 6. The number of carbonyl (C=O) groups excluding carboxylic acids is 4. The first-order chi connectivity index (χ1) is 13.9. The Kier molecular flexibility index (Phi) is 6.31. The van der Waals surface area contributed by atoms with Gasteiger partial charge >= 0.3 is 5.97 Å². The summed E-state index contributed by atoms with van der Waals surface area (Å²) in [5.74, 6) is -1.67. The fourth-order valence-corrected chi connectivity index (χ4v) is 3.55. The second kappa shape index (κ2) is 8.89. The highest BCUT2D eigenvalue weighted by atomic mass is 16.5. The second-order valence-corrected chi connectivity index (χ2v) is 7.09. The molecule has 0 spiro atoms. The Bertz CT molecular complexity index is 823. The number of likely N-dealkylation sites (tertiary alicyclic amines) is 1. The standard InChI is InChI=1S/C21H24N2O6/c1-13(19(25)22-14-6-5-7-15(12-14)28-2)29-18(24)10-11-23-20(26)16-8-3-4-9-17(16)21(23)27/h3-7,12-13,16-17H,8-11H2,1-2H3,(H,22,25)/t13-,16-,17+/m1/s1. The molecule has 3 amide bonds. The summed E-state index contributed by atoms with van der Waals surface area (Å²) in [5, 5.41) is 2.65. The fourth-order valence-electron chi connectivity index (χ4n) is 3.55. The molecule has 1 saturated heterocycles. The maximum absolute atomic E-state index is 12.4. The number of carbonyl (C=O) groups is 4. The number of benzene rings is 1. The molecule has 1 aliphatic carbocycles. The molecule has 29 heavy (non-hydrogen) atoms. The Morgan fingerprint density at radius 1 is 1.17 bits per heavy atom. The van der Waals surface area contributed by atoms with Crippen molar-refractivity contribution in [3.8, 4) is 5.75 Å². The lowest BCUT2D eigenvalue weighted by Crippen LogP contribution is -2.35. The van der Waals surface area contributed by atoms with Crippen LogP contribution in [0.25, 0.3) is 0 Å². The smallest absolute Gasteiger partial charge is 0.308 e. The van der Waals surface area contributed by atoms with E-state index in [-0.39, 0.29) is 36.6 Å². The van der Waals surface area contributed by atoms with Crippen molar-refractivity contribution in [3.63, 3.8) is 0 Å². The van der Waals surface area contributed by atoms with Crippen LogP contribution in [0.3, 0.4) is 0 Å². The number of rotatable bonds is 7. The van der Waals surface area contributed by atoms with Gasteiger partial charge in [-0.05, 0) is 31.9 Å². The number of nitrogens with zero attached hydrogens (tertiary/aromatic N) is 1. The van der Waals surface area contributed by atoms with E-state index in [0.717, 1.165) is 4.90 Å². The van der Waals surface area contributed by atoms with Crippen LogP contribution in [0.1, 0.15) is 26.2 Å². The molecule has 3 atom stereocenters. The van der Waals surface area contributed by atoms with Gasteiger partial charge in [-0.2, -0.15) is 0 Å². The van der Waals surface area contributed by atoms with Gasteiger partial charge < -0.3 is 14.8 Å². The zero-order valence-electron chi connectivity index (χ0n) is 16.4. The van der Waals surface area contributed by atoms with Gasteiger partial charge in [0.25, 0.3) is 5.91 Å². The van der Waals surface area contributed by atoms with E-state index in [2.05, 4.69) is 5.32 Å². The summed E-state index contributed by atoms with van der Waals surface area (Å²) < 4.78 is 10.2. The summed E-state index contributed by atoms with van der Waals surface area (Å²) >= 11 is 0. The van der Waals surface area contributed by atoms with Gasteiger partial charge in [0.15, 0.2) is 6.10 Å². The molecule has 1 fully saturated rings. The number of fused-ring (bicyclic) bond motifs is 1. The van der Waals surface area contributed by atoms with Gasteiger partial charge in [-0.1, -0.05) is 18.2 Å². The molecule has 154 valence electrons. The number of allylic oxidation sites excluding steroid dienone is 2. The summed E-state index contributed by atoms with van der Waals surface area (Å²) in [6.45, 7) is 1.42. The lowest BCUT2D eigenvalue weighted by atomic mass is 9.85. The molecule has 0 radical (unpaired) electrons. The minimum atomic E-state index is -1.02. The first-order valence-electron chi connectivity index (χ1n) is 9.55. The molecule has 0 unspecified atom stereocenters. The molecule has 2 aliphatic rings. The van der Waals surface area contributed by atoms with E-state index in [4.69, 9.17) is 9.47 Å². The molecule has 0 saturated carbocycles. The number of imide groups is 1. The summed E-state index contributed by atoms with van der Waals surface area (Å²) in [6, 6.07) is 6.80. The lowest BCUT2D eigenvalue weighted by Gasteiger charge is -2.16. The number of ether oxygens (including phenoxy) is 2. The lowest BCUT2D eigenvalue weighted by molar-refractivity contribution is -0.154. The Labute approximate surface area is 168 Å². The molecule has 1 heterocycles. The van der Waals surface area contributed by atoms with E-state index in [1.54, 1.807) is 24.3 Å². The van der Waals surface area contributed by atoms with Crippen molar-refractivity contribution in [1.82, 2.24) is 4.90 Å². The van der Waals surface area contributed by atoms with Crippen molar-refractivity contribution < 1.29 is 28.7 Å². The van der Waals surface area contributed by atoms with Crippen LogP contribution >= 0.6 is 0 Å². The summed E-state index contributed by atoms with van der Waals surface area (Å²) in [7, 11) is 1.52. The van der Waals surface area contributed by atoms with Crippen LogP contribution in [0.15, 0.2) is 36.4 Å².